The zero-order valence-corrected chi connectivity index (χ0v) is 20.1. The Bertz CT molecular complexity index is 1230. The number of hydrogen-bond donors (Lipinski definition) is 0. The predicted octanol–water partition coefficient (Wildman–Crippen LogP) is 5.06. The second kappa shape index (κ2) is 9.72. The molecule has 0 aromatic carbocycles. The van der Waals surface area contributed by atoms with Crippen LogP contribution >= 0.6 is 11.6 Å². The molecule has 13 heteroatoms. The average molecular weight is 529 g/mol. The van der Waals surface area contributed by atoms with E-state index in [0.29, 0.717) is 28.7 Å². The molecule has 36 heavy (non-hydrogen) atoms. The molecule has 1 fully saturated rings. The second-order valence-electron chi connectivity index (χ2n) is 8.89. The third-order valence-corrected chi connectivity index (χ3v) is 6.29. The molecule has 0 radical (unpaired) electrons. The minimum Gasteiger partial charge on any atom is -0.328 e. The van der Waals surface area contributed by atoms with Gasteiger partial charge in [0, 0.05) is 50.7 Å². The van der Waals surface area contributed by atoms with Gasteiger partial charge in [-0.15, -0.1) is 0 Å². The lowest BCUT2D eigenvalue weighted by Crippen LogP contribution is -2.55. The molecule has 0 spiro atoms. The average Bonchev–Trinajstić information content (AvgIpc) is 3.19. The molecule has 4 rings (SSSR count). The molecule has 0 bridgehead atoms. The maximum Gasteiger partial charge on any atom is 0.419 e. The van der Waals surface area contributed by atoms with Gasteiger partial charge < -0.3 is 4.90 Å². The molecule has 0 unspecified atom stereocenters. The highest BCUT2D eigenvalue weighted by Crippen LogP contribution is 2.37. The van der Waals surface area contributed by atoms with E-state index in [-0.39, 0.29) is 24.4 Å². The summed E-state index contributed by atoms with van der Waals surface area (Å²) in [5.74, 6) is -4.26. The SMILES string of the molecule is C[C@@H]1CC(F)(F)CN(C(=O)c2nn(C)cc2-c2ccc(Cl)cn2)[C@@H]1CCc1ncc(C(F)(F)F)cn1. The van der Waals surface area contributed by atoms with Crippen molar-refractivity contribution in [3.63, 3.8) is 0 Å². The number of likely N-dealkylation sites (tertiary alicyclic amines) is 1. The summed E-state index contributed by atoms with van der Waals surface area (Å²) in [6.07, 6.45) is -0.353. The molecule has 0 N–H and O–H groups in total. The molecule has 1 saturated heterocycles. The van der Waals surface area contributed by atoms with Crippen molar-refractivity contribution in [3.05, 3.63) is 59.0 Å². The molecule has 2 atom stereocenters. The normalized spacial score (nSPS) is 19.9. The minimum atomic E-state index is -4.56. The van der Waals surface area contributed by atoms with Crippen LogP contribution in [0.2, 0.25) is 5.02 Å². The number of amides is 1. The lowest BCUT2D eigenvalue weighted by Gasteiger charge is -2.43. The molecule has 1 aliphatic heterocycles. The van der Waals surface area contributed by atoms with Crippen LogP contribution < -0.4 is 0 Å². The Morgan fingerprint density at radius 1 is 1.17 bits per heavy atom. The molecule has 3 aromatic rings. The van der Waals surface area contributed by atoms with Crippen molar-refractivity contribution in [2.75, 3.05) is 6.54 Å². The van der Waals surface area contributed by atoms with Crippen molar-refractivity contribution >= 4 is 17.5 Å². The zero-order valence-electron chi connectivity index (χ0n) is 19.3. The van der Waals surface area contributed by atoms with Crippen molar-refractivity contribution < 1.29 is 26.7 Å². The third kappa shape index (κ3) is 5.63. The zero-order chi connectivity index (χ0) is 26.3. The van der Waals surface area contributed by atoms with Crippen LogP contribution in [0.25, 0.3) is 11.3 Å². The largest absolute Gasteiger partial charge is 0.419 e. The summed E-state index contributed by atoms with van der Waals surface area (Å²) in [7, 11) is 1.60. The first-order valence-corrected chi connectivity index (χ1v) is 11.4. The molecule has 0 saturated carbocycles. The third-order valence-electron chi connectivity index (χ3n) is 6.07. The molecule has 1 amide bonds. The molecular weight excluding hydrogens is 507 g/mol. The van der Waals surface area contributed by atoms with Crippen molar-refractivity contribution in [2.45, 2.75) is 44.3 Å². The van der Waals surface area contributed by atoms with Gasteiger partial charge in [-0.3, -0.25) is 14.5 Å². The monoisotopic (exact) mass is 528 g/mol. The van der Waals surface area contributed by atoms with E-state index >= 15 is 0 Å². The van der Waals surface area contributed by atoms with Crippen LogP contribution in [0.1, 0.15) is 41.6 Å². The maximum absolute atomic E-state index is 14.6. The lowest BCUT2D eigenvalue weighted by atomic mass is 9.85. The lowest BCUT2D eigenvalue weighted by molar-refractivity contribution is -0.138. The van der Waals surface area contributed by atoms with Crippen LogP contribution in [0.3, 0.4) is 0 Å². The van der Waals surface area contributed by atoms with Gasteiger partial charge >= 0.3 is 6.18 Å². The summed E-state index contributed by atoms with van der Waals surface area (Å²) in [6.45, 7) is 0.810. The number of carbonyl (C=O) groups is 1. The number of alkyl halides is 5. The predicted molar refractivity (Wildman–Crippen MR) is 120 cm³/mol. The Balaban J connectivity index is 1.60. The summed E-state index contributed by atoms with van der Waals surface area (Å²) in [4.78, 5) is 26.4. The Morgan fingerprint density at radius 3 is 2.47 bits per heavy atom. The molecule has 4 heterocycles. The van der Waals surface area contributed by atoms with E-state index in [0.717, 1.165) is 4.90 Å². The highest BCUT2D eigenvalue weighted by atomic mass is 35.5. The van der Waals surface area contributed by atoms with Gasteiger partial charge in [0.15, 0.2) is 5.69 Å². The number of pyridine rings is 1. The number of hydrogen-bond acceptors (Lipinski definition) is 5. The molecule has 192 valence electrons. The van der Waals surface area contributed by atoms with Crippen LogP contribution in [0.5, 0.6) is 0 Å². The molecule has 0 aliphatic carbocycles. The van der Waals surface area contributed by atoms with E-state index < -0.39 is 48.5 Å². The smallest absolute Gasteiger partial charge is 0.328 e. The summed E-state index contributed by atoms with van der Waals surface area (Å²) in [6, 6.07) is 2.56. The number of aryl methyl sites for hydroxylation is 2. The van der Waals surface area contributed by atoms with E-state index in [9.17, 15) is 26.7 Å². The second-order valence-corrected chi connectivity index (χ2v) is 9.33. The van der Waals surface area contributed by atoms with E-state index in [4.69, 9.17) is 11.6 Å². The standard InChI is InChI=1S/C23H22ClF5N6O/c1-13-7-22(25,26)12-35(18(13)5-6-19-31-8-14(9-32-19)23(27,28)29)21(36)20-16(11-34(2)33-20)17-4-3-15(24)10-30-17/h3-4,8-11,13,18H,5-7,12H2,1-2H3/t13-,18-/m1/s1. The Morgan fingerprint density at radius 2 is 1.86 bits per heavy atom. The highest BCUT2D eigenvalue weighted by Gasteiger charge is 2.46. The van der Waals surface area contributed by atoms with Crippen LogP contribution in [-0.4, -0.2) is 54.0 Å². The van der Waals surface area contributed by atoms with Gasteiger partial charge in [-0.1, -0.05) is 18.5 Å². The number of rotatable bonds is 5. The summed E-state index contributed by atoms with van der Waals surface area (Å²) in [5.41, 5.74) is -0.242. The molecule has 1 aliphatic rings. The number of carbonyl (C=O) groups excluding carboxylic acids is 1. The first-order chi connectivity index (χ1) is 16.8. The van der Waals surface area contributed by atoms with Crippen LogP contribution in [-0.2, 0) is 19.6 Å². The quantitative estimate of drug-likeness (QED) is 0.433. The first kappa shape index (κ1) is 25.9. The summed E-state index contributed by atoms with van der Waals surface area (Å²) >= 11 is 5.90. The van der Waals surface area contributed by atoms with E-state index in [1.54, 1.807) is 32.3 Å². The van der Waals surface area contributed by atoms with E-state index in [1.165, 1.54) is 10.9 Å². The van der Waals surface area contributed by atoms with Crippen molar-refractivity contribution in [1.29, 1.82) is 0 Å². The van der Waals surface area contributed by atoms with Crippen molar-refractivity contribution in [2.24, 2.45) is 13.0 Å². The fourth-order valence-electron chi connectivity index (χ4n) is 4.42. The molecular formula is C23H22ClF5N6O. The van der Waals surface area contributed by atoms with Gasteiger partial charge in [-0.25, -0.2) is 18.7 Å². The molecule has 7 nitrogen and oxygen atoms in total. The van der Waals surface area contributed by atoms with Gasteiger partial charge in [0.2, 0.25) is 0 Å². The maximum atomic E-state index is 14.6. The van der Waals surface area contributed by atoms with Crippen LogP contribution in [0, 0.1) is 5.92 Å². The summed E-state index contributed by atoms with van der Waals surface area (Å²) < 4.78 is 68.9. The minimum absolute atomic E-state index is 0.0343. The fraction of sp³-hybridized carbons (Fsp3) is 0.435. The Labute approximate surface area is 208 Å². The van der Waals surface area contributed by atoms with Gasteiger partial charge in [0.05, 0.1) is 28.4 Å². The highest BCUT2D eigenvalue weighted by molar-refractivity contribution is 6.30. The van der Waals surface area contributed by atoms with E-state index in [2.05, 4.69) is 20.1 Å². The first-order valence-electron chi connectivity index (χ1n) is 11.1. The Hall–Kier alpha value is -3.15. The molecule has 3 aromatic heterocycles. The van der Waals surface area contributed by atoms with Crippen molar-refractivity contribution in [1.82, 2.24) is 29.6 Å². The number of aromatic nitrogens is 5. The van der Waals surface area contributed by atoms with Gasteiger partial charge in [-0.2, -0.15) is 18.3 Å². The van der Waals surface area contributed by atoms with Gasteiger partial charge in [0.25, 0.3) is 11.8 Å². The number of nitrogens with zero attached hydrogens (tertiary/aromatic N) is 6. The summed E-state index contributed by atoms with van der Waals surface area (Å²) in [5, 5.41) is 4.61. The Kier molecular flexibility index (Phi) is 7.00. The van der Waals surface area contributed by atoms with Gasteiger partial charge in [-0.05, 0) is 24.5 Å². The van der Waals surface area contributed by atoms with Gasteiger partial charge in [0.1, 0.15) is 5.82 Å². The number of piperidine rings is 1. The number of halogens is 6. The fourth-order valence-corrected chi connectivity index (χ4v) is 4.53. The van der Waals surface area contributed by atoms with Crippen LogP contribution in [0.15, 0.2) is 36.9 Å². The van der Waals surface area contributed by atoms with Crippen molar-refractivity contribution in [3.8, 4) is 11.3 Å². The van der Waals surface area contributed by atoms with E-state index in [1.807, 2.05) is 0 Å². The van der Waals surface area contributed by atoms with Crippen LogP contribution in [0.4, 0.5) is 22.0 Å². The topological polar surface area (TPSA) is 76.8 Å².